The number of benzene rings is 2. The Morgan fingerprint density at radius 1 is 1.06 bits per heavy atom. The first-order valence-electron chi connectivity index (χ1n) is 5.94. The molecular formula is C16H14O. The fourth-order valence-electron chi connectivity index (χ4n) is 2.60. The van der Waals surface area contributed by atoms with E-state index in [2.05, 4.69) is 24.3 Å². The third-order valence-electron chi connectivity index (χ3n) is 3.48. The molecule has 0 aliphatic heterocycles. The smallest absolute Gasteiger partial charge is 0.164 e. The Bertz CT molecular complexity index is 569. The van der Waals surface area contributed by atoms with Crippen molar-refractivity contribution in [1.82, 2.24) is 0 Å². The summed E-state index contributed by atoms with van der Waals surface area (Å²) in [5, 5.41) is 0. The highest BCUT2D eigenvalue weighted by molar-refractivity contribution is 6.02. The molecule has 0 heterocycles. The zero-order valence-electron chi connectivity index (χ0n) is 9.81. The summed E-state index contributed by atoms with van der Waals surface area (Å²) >= 11 is 0. The molecule has 0 saturated carbocycles. The fourth-order valence-corrected chi connectivity index (χ4v) is 2.60. The SMILES string of the molecule is Cc1ccc2c(c1)C(=O)C[C@@H]2c1ccccc1. The van der Waals surface area contributed by atoms with Crippen molar-refractivity contribution in [2.24, 2.45) is 0 Å². The Kier molecular flexibility index (Phi) is 2.32. The molecule has 2 aromatic carbocycles. The lowest BCUT2D eigenvalue weighted by atomic mass is 9.93. The van der Waals surface area contributed by atoms with Crippen molar-refractivity contribution in [3.05, 3.63) is 70.8 Å². The van der Waals surface area contributed by atoms with Crippen molar-refractivity contribution in [3.8, 4) is 0 Å². The molecule has 1 aliphatic rings. The number of hydrogen-bond acceptors (Lipinski definition) is 1. The molecule has 0 N–H and O–H groups in total. The first kappa shape index (κ1) is 10.3. The number of fused-ring (bicyclic) bond motifs is 1. The van der Waals surface area contributed by atoms with Crippen LogP contribution in [0, 0.1) is 6.92 Å². The topological polar surface area (TPSA) is 17.1 Å². The molecule has 84 valence electrons. The van der Waals surface area contributed by atoms with Gasteiger partial charge in [0, 0.05) is 17.9 Å². The van der Waals surface area contributed by atoms with E-state index in [1.165, 1.54) is 11.1 Å². The van der Waals surface area contributed by atoms with Gasteiger partial charge in [-0.15, -0.1) is 0 Å². The van der Waals surface area contributed by atoms with Gasteiger partial charge in [0.1, 0.15) is 0 Å². The lowest BCUT2D eigenvalue weighted by molar-refractivity contribution is 0.0991. The Morgan fingerprint density at radius 2 is 1.82 bits per heavy atom. The predicted octanol–water partition coefficient (Wildman–Crippen LogP) is 3.71. The third kappa shape index (κ3) is 1.68. The summed E-state index contributed by atoms with van der Waals surface area (Å²) in [7, 11) is 0. The van der Waals surface area contributed by atoms with Crippen LogP contribution in [0.3, 0.4) is 0 Å². The van der Waals surface area contributed by atoms with Crippen molar-refractivity contribution >= 4 is 5.78 Å². The van der Waals surface area contributed by atoms with Crippen LogP contribution in [0.15, 0.2) is 48.5 Å². The summed E-state index contributed by atoms with van der Waals surface area (Å²) in [5.41, 5.74) is 4.50. The number of ketones is 1. The standard InChI is InChI=1S/C16H14O/c1-11-7-8-13-14(10-16(17)15(13)9-11)12-5-3-2-4-6-12/h2-9,14H,10H2,1H3/t14-/m1/s1. The van der Waals surface area contributed by atoms with Crippen LogP contribution in [0.25, 0.3) is 0 Å². The van der Waals surface area contributed by atoms with E-state index in [-0.39, 0.29) is 11.7 Å². The molecule has 0 spiro atoms. The van der Waals surface area contributed by atoms with Crippen molar-refractivity contribution in [2.75, 3.05) is 0 Å². The van der Waals surface area contributed by atoms with Crippen LogP contribution in [0.2, 0.25) is 0 Å². The van der Waals surface area contributed by atoms with Gasteiger partial charge >= 0.3 is 0 Å². The molecule has 3 rings (SSSR count). The van der Waals surface area contributed by atoms with E-state index in [4.69, 9.17) is 0 Å². The normalized spacial score (nSPS) is 18.2. The monoisotopic (exact) mass is 222 g/mol. The quantitative estimate of drug-likeness (QED) is 0.718. The van der Waals surface area contributed by atoms with Gasteiger partial charge in [0.05, 0.1) is 0 Å². The van der Waals surface area contributed by atoms with Gasteiger partial charge in [-0.1, -0.05) is 48.0 Å². The van der Waals surface area contributed by atoms with E-state index >= 15 is 0 Å². The van der Waals surface area contributed by atoms with Gasteiger partial charge in [-0.3, -0.25) is 4.79 Å². The van der Waals surface area contributed by atoms with Crippen molar-refractivity contribution in [3.63, 3.8) is 0 Å². The number of Topliss-reactive ketones (excluding diaryl/α,β-unsaturated/α-hetero) is 1. The summed E-state index contributed by atoms with van der Waals surface area (Å²) in [6, 6.07) is 16.5. The largest absolute Gasteiger partial charge is 0.294 e. The number of carbonyl (C=O) groups is 1. The molecule has 17 heavy (non-hydrogen) atoms. The molecule has 0 fully saturated rings. The zero-order valence-corrected chi connectivity index (χ0v) is 9.81. The summed E-state index contributed by atoms with van der Waals surface area (Å²) in [4.78, 5) is 12.0. The minimum Gasteiger partial charge on any atom is -0.294 e. The highest BCUT2D eigenvalue weighted by atomic mass is 16.1. The maximum Gasteiger partial charge on any atom is 0.164 e. The van der Waals surface area contributed by atoms with Gasteiger partial charge in [0.25, 0.3) is 0 Å². The summed E-state index contributed by atoms with van der Waals surface area (Å²) in [5.74, 6) is 0.525. The lowest BCUT2D eigenvalue weighted by Crippen LogP contribution is -1.96. The van der Waals surface area contributed by atoms with Crippen molar-refractivity contribution < 1.29 is 4.79 Å². The fraction of sp³-hybridized carbons (Fsp3) is 0.188. The van der Waals surface area contributed by atoms with E-state index < -0.39 is 0 Å². The molecule has 0 radical (unpaired) electrons. The molecule has 0 bridgehead atoms. The maximum atomic E-state index is 12.0. The van der Waals surface area contributed by atoms with E-state index in [1.807, 2.05) is 31.2 Å². The first-order valence-corrected chi connectivity index (χ1v) is 5.94. The van der Waals surface area contributed by atoms with Gasteiger partial charge in [0.2, 0.25) is 0 Å². The Hall–Kier alpha value is -1.89. The number of rotatable bonds is 1. The number of hydrogen-bond donors (Lipinski definition) is 0. The van der Waals surface area contributed by atoms with Crippen LogP contribution >= 0.6 is 0 Å². The van der Waals surface area contributed by atoms with E-state index in [1.54, 1.807) is 0 Å². The van der Waals surface area contributed by atoms with Crippen LogP contribution in [-0.4, -0.2) is 5.78 Å². The molecule has 0 saturated heterocycles. The average molecular weight is 222 g/mol. The van der Waals surface area contributed by atoms with E-state index in [9.17, 15) is 4.79 Å². The minimum absolute atomic E-state index is 0.249. The van der Waals surface area contributed by atoms with Crippen LogP contribution in [0.5, 0.6) is 0 Å². The second-order valence-electron chi connectivity index (χ2n) is 4.68. The molecule has 0 unspecified atom stereocenters. The van der Waals surface area contributed by atoms with Crippen molar-refractivity contribution in [2.45, 2.75) is 19.3 Å². The Morgan fingerprint density at radius 3 is 2.59 bits per heavy atom. The maximum absolute atomic E-state index is 12.0. The summed E-state index contributed by atoms with van der Waals surface area (Å²) in [6.45, 7) is 2.03. The van der Waals surface area contributed by atoms with Gasteiger partial charge in [-0.25, -0.2) is 0 Å². The minimum atomic E-state index is 0.249. The van der Waals surface area contributed by atoms with Crippen LogP contribution < -0.4 is 0 Å². The highest BCUT2D eigenvalue weighted by Gasteiger charge is 2.29. The van der Waals surface area contributed by atoms with Crippen LogP contribution in [-0.2, 0) is 0 Å². The van der Waals surface area contributed by atoms with Crippen LogP contribution in [0.4, 0.5) is 0 Å². The lowest BCUT2D eigenvalue weighted by Gasteiger charge is -2.10. The predicted molar refractivity (Wildman–Crippen MR) is 68.4 cm³/mol. The van der Waals surface area contributed by atoms with E-state index in [0.717, 1.165) is 11.1 Å². The highest BCUT2D eigenvalue weighted by Crippen LogP contribution is 2.38. The van der Waals surface area contributed by atoms with Gasteiger partial charge < -0.3 is 0 Å². The Balaban J connectivity index is 2.11. The zero-order chi connectivity index (χ0) is 11.8. The van der Waals surface area contributed by atoms with Crippen molar-refractivity contribution in [1.29, 1.82) is 0 Å². The first-order chi connectivity index (χ1) is 8.25. The van der Waals surface area contributed by atoms with Gasteiger partial charge in [-0.2, -0.15) is 0 Å². The molecule has 0 amide bonds. The molecule has 2 aromatic rings. The molecule has 1 aliphatic carbocycles. The van der Waals surface area contributed by atoms with Gasteiger partial charge in [0.15, 0.2) is 5.78 Å². The average Bonchev–Trinajstić information content (AvgIpc) is 2.68. The number of aryl methyl sites for hydroxylation is 1. The molecule has 1 atom stereocenters. The second kappa shape index (κ2) is 3.85. The summed E-state index contributed by atoms with van der Waals surface area (Å²) in [6.07, 6.45) is 0.614. The van der Waals surface area contributed by atoms with E-state index in [0.29, 0.717) is 6.42 Å². The second-order valence-corrected chi connectivity index (χ2v) is 4.68. The number of carbonyl (C=O) groups excluding carboxylic acids is 1. The molecule has 1 nitrogen and oxygen atoms in total. The third-order valence-corrected chi connectivity index (χ3v) is 3.48. The van der Waals surface area contributed by atoms with Crippen LogP contribution in [0.1, 0.15) is 39.4 Å². The van der Waals surface area contributed by atoms with Gasteiger partial charge in [-0.05, 0) is 24.1 Å². The Labute approximate surface area is 101 Å². The summed E-state index contributed by atoms with van der Waals surface area (Å²) < 4.78 is 0. The molecular weight excluding hydrogens is 208 g/mol. The molecule has 1 heteroatoms. The molecule has 0 aromatic heterocycles.